The normalized spacial score (nSPS) is 18.1. The predicted octanol–water partition coefficient (Wildman–Crippen LogP) is 2.43. The molecule has 1 aromatic rings. The molecule has 1 fully saturated rings. The van der Waals surface area contributed by atoms with E-state index >= 15 is 0 Å². The highest BCUT2D eigenvalue weighted by atomic mass is 15.1. The van der Waals surface area contributed by atoms with Crippen molar-refractivity contribution >= 4 is 0 Å². The molecule has 0 aromatic heterocycles. The van der Waals surface area contributed by atoms with Crippen molar-refractivity contribution in [1.29, 1.82) is 0 Å². The maximum atomic E-state index is 3.74. The number of benzene rings is 1. The fraction of sp³-hybridized carbons (Fsp3) is 0.467. The summed E-state index contributed by atoms with van der Waals surface area (Å²) in [5.41, 5.74) is 1.42. The van der Waals surface area contributed by atoms with E-state index in [-0.39, 0.29) is 0 Å². The minimum absolute atomic E-state index is 0.681. The molecular formula is C15H22N2. The van der Waals surface area contributed by atoms with Crippen molar-refractivity contribution in [3.63, 3.8) is 0 Å². The first-order valence-corrected chi connectivity index (χ1v) is 6.49. The van der Waals surface area contributed by atoms with Gasteiger partial charge in [0.1, 0.15) is 0 Å². The van der Waals surface area contributed by atoms with Gasteiger partial charge in [0.2, 0.25) is 0 Å². The van der Waals surface area contributed by atoms with Gasteiger partial charge in [-0.3, -0.25) is 4.90 Å². The first-order chi connectivity index (χ1) is 8.38. The molecule has 0 aliphatic carbocycles. The summed E-state index contributed by atoms with van der Waals surface area (Å²) in [6, 6.07) is 11.4. The van der Waals surface area contributed by atoms with Crippen LogP contribution in [0.15, 0.2) is 43.0 Å². The minimum atomic E-state index is 0.681. The van der Waals surface area contributed by atoms with Crippen LogP contribution in [-0.4, -0.2) is 30.6 Å². The Morgan fingerprint density at radius 3 is 2.59 bits per heavy atom. The molecule has 1 heterocycles. The molecule has 2 nitrogen and oxygen atoms in total. The average molecular weight is 230 g/mol. The van der Waals surface area contributed by atoms with E-state index in [0.29, 0.717) is 6.04 Å². The van der Waals surface area contributed by atoms with Crippen LogP contribution in [0.1, 0.15) is 18.4 Å². The Kier molecular flexibility index (Phi) is 4.77. The summed E-state index contributed by atoms with van der Waals surface area (Å²) in [7, 11) is 0. The number of likely N-dealkylation sites (tertiary alicyclic amines) is 1. The van der Waals surface area contributed by atoms with Crippen molar-refractivity contribution in [2.75, 3.05) is 19.6 Å². The summed E-state index contributed by atoms with van der Waals surface area (Å²) in [5, 5.41) is 3.51. The van der Waals surface area contributed by atoms with Crippen molar-refractivity contribution in [3.8, 4) is 0 Å². The molecule has 0 bridgehead atoms. The Bertz CT molecular complexity index is 326. The molecular weight excluding hydrogens is 208 g/mol. The Hall–Kier alpha value is -1.12. The summed E-state index contributed by atoms with van der Waals surface area (Å²) >= 11 is 0. The zero-order chi connectivity index (χ0) is 11.9. The molecule has 92 valence electrons. The third kappa shape index (κ3) is 3.99. The molecule has 1 N–H and O–H groups in total. The number of hydrogen-bond donors (Lipinski definition) is 1. The molecule has 2 rings (SSSR count). The maximum absolute atomic E-state index is 3.74. The fourth-order valence-corrected chi connectivity index (χ4v) is 2.39. The second-order valence-electron chi connectivity index (χ2n) is 4.73. The zero-order valence-electron chi connectivity index (χ0n) is 10.4. The van der Waals surface area contributed by atoms with Crippen LogP contribution in [0, 0.1) is 0 Å². The summed E-state index contributed by atoms with van der Waals surface area (Å²) in [6.45, 7) is 8.17. The third-order valence-corrected chi connectivity index (χ3v) is 3.39. The molecule has 0 radical (unpaired) electrons. The second-order valence-corrected chi connectivity index (χ2v) is 4.73. The van der Waals surface area contributed by atoms with Crippen molar-refractivity contribution in [3.05, 3.63) is 48.6 Å². The molecule has 0 spiro atoms. The van der Waals surface area contributed by atoms with Gasteiger partial charge in [0, 0.05) is 19.1 Å². The van der Waals surface area contributed by atoms with Crippen LogP contribution in [0.4, 0.5) is 0 Å². The number of rotatable bonds is 5. The average Bonchev–Trinajstić information content (AvgIpc) is 2.39. The lowest BCUT2D eigenvalue weighted by atomic mass is 10.0. The lowest BCUT2D eigenvalue weighted by Gasteiger charge is -2.32. The van der Waals surface area contributed by atoms with Gasteiger partial charge in [-0.25, -0.2) is 0 Å². The van der Waals surface area contributed by atoms with Crippen LogP contribution >= 0.6 is 0 Å². The van der Waals surface area contributed by atoms with Crippen LogP contribution in [-0.2, 0) is 6.54 Å². The highest BCUT2D eigenvalue weighted by molar-refractivity contribution is 5.14. The van der Waals surface area contributed by atoms with Gasteiger partial charge in [-0.1, -0.05) is 36.4 Å². The van der Waals surface area contributed by atoms with Gasteiger partial charge >= 0.3 is 0 Å². The van der Waals surface area contributed by atoms with E-state index in [1.54, 1.807) is 0 Å². The molecule has 1 aliphatic heterocycles. The lowest BCUT2D eigenvalue weighted by molar-refractivity contribution is 0.192. The van der Waals surface area contributed by atoms with Gasteiger partial charge in [-0.2, -0.15) is 0 Å². The van der Waals surface area contributed by atoms with E-state index in [4.69, 9.17) is 0 Å². The molecule has 0 atom stereocenters. The van der Waals surface area contributed by atoms with Crippen molar-refractivity contribution in [2.24, 2.45) is 0 Å². The molecule has 0 amide bonds. The predicted molar refractivity (Wildman–Crippen MR) is 72.9 cm³/mol. The van der Waals surface area contributed by atoms with Crippen molar-refractivity contribution < 1.29 is 0 Å². The SMILES string of the molecule is C=CCNC1CCN(Cc2ccccc2)CC1. The Labute approximate surface area is 104 Å². The summed E-state index contributed by atoms with van der Waals surface area (Å²) in [6.07, 6.45) is 4.44. The van der Waals surface area contributed by atoms with E-state index < -0.39 is 0 Å². The molecule has 17 heavy (non-hydrogen) atoms. The van der Waals surface area contributed by atoms with Crippen molar-refractivity contribution in [1.82, 2.24) is 10.2 Å². The first-order valence-electron chi connectivity index (χ1n) is 6.49. The quantitative estimate of drug-likeness (QED) is 0.782. The smallest absolute Gasteiger partial charge is 0.0233 e. The lowest BCUT2D eigenvalue weighted by Crippen LogP contribution is -2.42. The molecule has 1 aromatic carbocycles. The first kappa shape index (κ1) is 12.3. The number of nitrogens with zero attached hydrogens (tertiary/aromatic N) is 1. The zero-order valence-corrected chi connectivity index (χ0v) is 10.4. The molecule has 1 saturated heterocycles. The summed E-state index contributed by atoms with van der Waals surface area (Å²) in [4.78, 5) is 2.54. The minimum Gasteiger partial charge on any atom is -0.310 e. The van der Waals surface area contributed by atoms with E-state index in [1.807, 2.05) is 6.08 Å². The summed E-state index contributed by atoms with van der Waals surface area (Å²) in [5.74, 6) is 0. The second kappa shape index (κ2) is 6.58. The maximum Gasteiger partial charge on any atom is 0.0233 e. The third-order valence-electron chi connectivity index (χ3n) is 3.39. The van der Waals surface area contributed by atoms with Gasteiger partial charge in [0.25, 0.3) is 0 Å². The van der Waals surface area contributed by atoms with Crippen LogP contribution in [0.3, 0.4) is 0 Å². The van der Waals surface area contributed by atoms with Crippen LogP contribution in [0.25, 0.3) is 0 Å². The Morgan fingerprint density at radius 1 is 1.24 bits per heavy atom. The largest absolute Gasteiger partial charge is 0.310 e. The van der Waals surface area contributed by atoms with Gasteiger partial charge in [-0.15, -0.1) is 6.58 Å². The topological polar surface area (TPSA) is 15.3 Å². The Balaban J connectivity index is 1.74. The standard InChI is InChI=1S/C15H22N2/c1-2-10-16-15-8-11-17(12-9-15)13-14-6-4-3-5-7-14/h2-7,15-16H,1,8-13H2. The monoisotopic (exact) mass is 230 g/mol. The number of piperidine rings is 1. The van der Waals surface area contributed by atoms with Crippen LogP contribution in [0.2, 0.25) is 0 Å². The molecule has 0 saturated carbocycles. The van der Waals surface area contributed by atoms with Crippen molar-refractivity contribution in [2.45, 2.75) is 25.4 Å². The van der Waals surface area contributed by atoms with Gasteiger partial charge in [-0.05, 0) is 31.5 Å². The van der Waals surface area contributed by atoms with Crippen LogP contribution < -0.4 is 5.32 Å². The number of hydrogen-bond acceptors (Lipinski definition) is 2. The highest BCUT2D eigenvalue weighted by Gasteiger charge is 2.17. The Morgan fingerprint density at radius 2 is 1.94 bits per heavy atom. The van der Waals surface area contributed by atoms with E-state index in [1.165, 1.54) is 31.5 Å². The highest BCUT2D eigenvalue weighted by Crippen LogP contribution is 2.13. The fourth-order valence-electron chi connectivity index (χ4n) is 2.39. The van der Waals surface area contributed by atoms with E-state index in [0.717, 1.165) is 13.1 Å². The van der Waals surface area contributed by atoms with Gasteiger partial charge in [0.15, 0.2) is 0 Å². The molecule has 1 aliphatic rings. The number of nitrogens with one attached hydrogen (secondary N) is 1. The summed E-state index contributed by atoms with van der Waals surface area (Å²) < 4.78 is 0. The van der Waals surface area contributed by atoms with Crippen LogP contribution in [0.5, 0.6) is 0 Å². The van der Waals surface area contributed by atoms with Gasteiger partial charge in [0.05, 0.1) is 0 Å². The van der Waals surface area contributed by atoms with Gasteiger partial charge < -0.3 is 5.32 Å². The molecule has 0 unspecified atom stereocenters. The van der Waals surface area contributed by atoms with E-state index in [2.05, 4.69) is 47.1 Å². The van der Waals surface area contributed by atoms with E-state index in [9.17, 15) is 0 Å². The molecule has 2 heteroatoms.